The Bertz CT molecular complexity index is 536. The third-order valence-corrected chi connectivity index (χ3v) is 9.81. The van der Waals surface area contributed by atoms with Crippen LogP contribution in [0.25, 0.3) is 0 Å². The van der Waals surface area contributed by atoms with Crippen molar-refractivity contribution in [3.8, 4) is 0 Å². The van der Waals surface area contributed by atoms with Crippen LogP contribution >= 0.6 is 0 Å². The number of carbonyl (C=O) groups is 1. The summed E-state index contributed by atoms with van der Waals surface area (Å²) in [5.41, 5.74) is 1.66. The number of ether oxygens (including phenoxy) is 3. The van der Waals surface area contributed by atoms with Crippen LogP contribution in [0.2, 0.25) is 18.1 Å². The van der Waals surface area contributed by atoms with Gasteiger partial charge in [0.25, 0.3) is 5.91 Å². The minimum atomic E-state index is -1.87. The third-order valence-electron chi connectivity index (χ3n) is 5.31. The monoisotopic (exact) mass is 371 g/mol. The van der Waals surface area contributed by atoms with Crippen LogP contribution in [0.15, 0.2) is 11.1 Å². The molecular weight excluding hydrogens is 338 g/mol. The predicted molar refractivity (Wildman–Crippen MR) is 98.6 cm³/mol. The van der Waals surface area contributed by atoms with Crippen molar-refractivity contribution in [1.29, 1.82) is 0 Å². The minimum Gasteiger partial charge on any atom is -0.414 e. The topological polar surface area (TPSA) is 66.0 Å². The fraction of sp³-hybridized carbons (Fsp3) is 0.833. The van der Waals surface area contributed by atoms with Crippen molar-refractivity contribution < 1.29 is 23.4 Å². The van der Waals surface area contributed by atoms with E-state index in [4.69, 9.17) is 18.6 Å². The average molecular weight is 372 g/mol. The molecule has 0 spiro atoms. The van der Waals surface area contributed by atoms with Crippen LogP contribution in [-0.2, 0) is 23.4 Å². The molecule has 0 radical (unpaired) electrons. The molecule has 1 unspecified atom stereocenters. The smallest absolute Gasteiger partial charge is 0.253 e. The number of β-lactam (4-membered cyclic amide) rings is 1. The molecule has 6 nitrogen and oxygen atoms in total. The lowest BCUT2D eigenvalue weighted by molar-refractivity contribution is -0.267. The Morgan fingerprint density at radius 3 is 2.48 bits per heavy atom. The van der Waals surface area contributed by atoms with Gasteiger partial charge in [-0.2, -0.15) is 0 Å². The molecule has 2 fully saturated rings. The zero-order valence-electron chi connectivity index (χ0n) is 16.8. The van der Waals surface area contributed by atoms with Crippen LogP contribution in [0.4, 0.5) is 0 Å². The number of hydrogen-bond acceptors (Lipinski definition) is 5. The van der Waals surface area contributed by atoms with Crippen LogP contribution in [0.1, 0.15) is 41.5 Å². The van der Waals surface area contributed by atoms with E-state index in [0.29, 0.717) is 18.8 Å². The summed E-state index contributed by atoms with van der Waals surface area (Å²) in [6.07, 6.45) is -1.17. The molecule has 2 aliphatic rings. The van der Waals surface area contributed by atoms with Crippen LogP contribution < -0.4 is 5.32 Å². The normalized spacial score (nSPS) is 30.7. The van der Waals surface area contributed by atoms with Gasteiger partial charge in [0.05, 0.1) is 18.8 Å². The van der Waals surface area contributed by atoms with Gasteiger partial charge >= 0.3 is 0 Å². The molecule has 0 aromatic heterocycles. The average Bonchev–Trinajstić information content (AvgIpc) is 2.44. The Balaban J connectivity index is 2.01. The zero-order chi connectivity index (χ0) is 19.0. The summed E-state index contributed by atoms with van der Waals surface area (Å²) in [6, 6.07) is 0. The van der Waals surface area contributed by atoms with Gasteiger partial charge in [-0.25, -0.2) is 0 Å². The quantitative estimate of drug-likeness (QED) is 0.457. The molecule has 2 aliphatic heterocycles. The van der Waals surface area contributed by atoms with Gasteiger partial charge in [0.15, 0.2) is 20.8 Å². The molecule has 7 heteroatoms. The van der Waals surface area contributed by atoms with E-state index < -0.39 is 14.5 Å². The molecule has 4 atom stereocenters. The highest BCUT2D eigenvalue weighted by Gasteiger charge is 2.42. The summed E-state index contributed by atoms with van der Waals surface area (Å²) >= 11 is 0. The lowest BCUT2D eigenvalue weighted by Crippen LogP contribution is -2.58. The van der Waals surface area contributed by atoms with Gasteiger partial charge in [-0.05, 0) is 38.9 Å². The second-order valence-electron chi connectivity index (χ2n) is 8.59. The van der Waals surface area contributed by atoms with Crippen molar-refractivity contribution in [2.24, 2.45) is 0 Å². The summed E-state index contributed by atoms with van der Waals surface area (Å²) in [7, 11) is -1.87. The van der Waals surface area contributed by atoms with Crippen molar-refractivity contribution >= 4 is 14.2 Å². The van der Waals surface area contributed by atoms with Crippen LogP contribution in [0.3, 0.4) is 0 Å². The first-order chi connectivity index (χ1) is 11.4. The Morgan fingerprint density at radius 1 is 1.32 bits per heavy atom. The molecule has 0 saturated carbocycles. The molecule has 2 heterocycles. The third kappa shape index (κ3) is 4.71. The number of rotatable bonds is 5. The number of hydrogen-bond donors (Lipinski definition) is 1. The number of allylic oxidation sites excluding steroid dienone is 1. The largest absolute Gasteiger partial charge is 0.414 e. The Hall–Kier alpha value is -0.733. The second kappa shape index (κ2) is 7.48. The van der Waals surface area contributed by atoms with Gasteiger partial charge in [-0.15, -0.1) is 0 Å². The summed E-state index contributed by atoms with van der Waals surface area (Å²) in [5.74, 6) is -0.0647. The molecule has 1 N–H and O–H groups in total. The van der Waals surface area contributed by atoms with Crippen molar-refractivity contribution in [2.45, 2.75) is 84.4 Å². The fourth-order valence-electron chi connectivity index (χ4n) is 2.57. The first kappa shape index (κ1) is 20.6. The fourth-order valence-corrected chi connectivity index (χ4v) is 3.58. The molecule has 0 aliphatic carbocycles. The van der Waals surface area contributed by atoms with E-state index in [1.54, 1.807) is 0 Å². The van der Waals surface area contributed by atoms with Gasteiger partial charge in [0, 0.05) is 0 Å². The molecule has 2 rings (SSSR count). The highest BCUT2D eigenvalue weighted by atomic mass is 28.4. The zero-order valence-corrected chi connectivity index (χ0v) is 17.8. The van der Waals surface area contributed by atoms with Crippen LogP contribution in [0.5, 0.6) is 0 Å². The molecule has 0 aromatic carbocycles. The van der Waals surface area contributed by atoms with E-state index >= 15 is 0 Å². The van der Waals surface area contributed by atoms with Gasteiger partial charge in [-0.1, -0.05) is 26.3 Å². The molecule has 0 bridgehead atoms. The lowest BCUT2D eigenvalue weighted by atomic mass is 10.0. The van der Waals surface area contributed by atoms with Gasteiger partial charge in [0.2, 0.25) is 0 Å². The molecule has 2 saturated heterocycles. The van der Waals surface area contributed by atoms with E-state index in [1.165, 1.54) is 0 Å². The van der Waals surface area contributed by atoms with E-state index in [0.717, 1.165) is 5.57 Å². The maximum absolute atomic E-state index is 11.7. The molecule has 144 valence electrons. The Labute approximate surface area is 152 Å². The maximum Gasteiger partial charge on any atom is 0.253 e. The first-order valence-electron chi connectivity index (χ1n) is 8.97. The van der Waals surface area contributed by atoms with Crippen LogP contribution in [0, 0.1) is 0 Å². The molecule has 25 heavy (non-hydrogen) atoms. The van der Waals surface area contributed by atoms with E-state index in [1.807, 2.05) is 20.8 Å². The second-order valence-corrected chi connectivity index (χ2v) is 13.4. The Morgan fingerprint density at radius 2 is 1.96 bits per heavy atom. The van der Waals surface area contributed by atoms with Crippen molar-refractivity contribution in [2.75, 3.05) is 13.2 Å². The summed E-state index contributed by atoms with van der Waals surface area (Å²) in [5, 5.41) is 2.92. The highest BCUT2D eigenvalue weighted by Crippen LogP contribution is 2.37. The molecular formula is C18H33NO5Si. The van der Waals surface area contributed by atoms with Gasteiger partial charge < -0.3 is 24.0 Å². The van der Waals surface area contributed by atoms with Crippen molar-refractivity contribution in [3.05, 3.63) is 11.1 Å². The number of nitrogens with one attached hydrogen (secondary N) is 1. The standard InChI is InChI=1S/C18H33NO5Si/c1-11(2)15-16(20)19-17(15)24-13-9-21-12(3)23-14(13)10-22-25(7,8)18(4,5)6/h12-14,17H,9-10H2,1-8H3,(H,19,20)/t12-,13+,14+,17?/m0/s1. The lowest BCUT2D eigenvalue weighted by Gasteiger charge is -2.42. The van der Waals surface area contributed by atoms with Crippen molar-refractivity contribution in [3.63, 3.8) is 0 Å². The van der Waals surface area contributed by atoms with Gasteiger partial charge in [-0.3, -0.25) is 4.79 Å². The van der Waals surface area contributed by atoms with E-state index in [9.17, 15) is 4.79 Å². The predicted octanol–water partition coefficient (Wildman–Crippen LogP) is 2.95. The maximum atomic E-state index is 11.7. The van der Waals surface area contributed by atoms with Crippen LogP contribution in [-0.4, -0.2) is 52.2 Å². The molecule has 0 aromatic rings. The number of amides is 1. The minimum absolute atomic E-state index is 0.0647. The van der Waals surface area contributed by atoms with E-state index in [2.05, 4.69) is 39.2 Å². The van der Waals surface area contributed by atoms with Crippen molar-refractivity contribution in [1.82, 2.24) is 5.32 Å². The number of carbonyl (C=O) groups excluding carboxylic acids is 1. The summed E-state index contributed by atoms with van der Waals surface area (Å²) in [6.45, 7) is 17.7. The first-order valence-corrected chi connectivity index (χ1v) is 11.9. The molecule has 1 amide bonds. The summed E-state index contributed by atoms with van der Waals surface area (Å²) < 4.78 is 23.9. The highest BCUT2D eigenvalue weighted by molar-refractivity contribution is 6.74. The van der Waals surface area contributed by atoms with Gasteiger partial charge in [0.1, 0.15) is 12.2 Å². The Kier molecular flexibility index (Phi) is 6.16. The summed E-state index contributed by atoms with van der Waals surface area (Å²) in [4.78, 5) is 11.7. The SMILES string of the molecule is CC(C)=C1C(=O)NC1O[C@@H]1CO[C@H](C)O[C@@H]1CO[Si](C)(C)C(C)(C)C. The van der Waals surface area contributed by atoms with E-state index in [-0.39, 0.29) is 29.4 Å².